The van der Waals surface area contributed by atoms with Gasteiger partial charge in [-0.15, -0.1) is 0 Å². The Hall–Kier alpha value is -1.18. The summed E-state index contributed by atoms with van der Waals surface area (Å²) < 4.78 is 38.8. The fraction of sp³-hybridized carbons (Fsp3) is 0.692. The molecule has 1 aromatic rings. The Morgan fingerprint density at radius 3 is 2.76 bits per heavy atom. The number of nitrogens with zero attached hydrogens (tertiary/aromatic N) is 3. The third-order valence-electron chi connectivity index (χ3n) is 3.24. The lowest BCUT2D eigenvalue weighted by molar-refractivity contribution is -0.144. The first-order valence-electron chi connectivity index (χ1n) is 7.00. The third kappa shape index (κ3) is 4.15. The summed E-state index contributed by atoms with van der Waals surface area (Å²) in [6.45, 7) is 5.86. The van der Waals surface area contributed by atoms with E-state index in [1.807, 2.05) is 23.6 Å². The molecular formula is C13H19F3N4S. The highest BCUT2D eigenvalue weighted by Gasteiger charge is 2.36. The average molecular weight is 320 g/mol. The molecule has 1 aliphatic heterocycles. The van der Waals surface area contributed by atoms with Gasteiger partial charge in [0, 0.05) is 36.7 Å². The van der Waals surface area contributed by atoms with Gasteiger partial charge in [-0.1, -0.05) is 6.92 Å². The van der Waals surface area contributed by atoms with Gasteiger partial charge >= 0.3 is 6.18 Å². The molecule has 8 heteroatoms. The Labute approximate surface area is 126 Å². The molecule has 0 amide bonds. The van der Waals surface area contributed by atoms with Crippen molar-refractivity contribution in [3.63, 3.8) is 0 Å². The van der Waals surface area contributed by atoms with Gasteiger partial charge in [-0.25, -0.2) is 9.97 Å². The molecule has 1 saturated heterocycles. The van der Waals surface area contributed by atoms with Crippen LogP contribution in [0.5, 0.6) is 0 Å². The highest BCUT2D eigenvalue weighted by molar-refractivity contribution is 8.00. The van der Waals surface area contributed by atoms with Gasteiger partial charge in [-0.05, 0) is 13.3 Å². The lowest BCUT2D eigenvalue weighted by Crippen LogP contribution is -2.38. The van der Waals surface area contributed by atoms with Crippen molar-refractivity contribution in [1.29, 1.82) is 0 Å². The first-order valence-corrected chi connectivity index (χ1v) is 8.05. The zero-order chi connectivity index (χ0) is 15.5. The van der Waals surface area contributed by atoms with E-state index in [9.17, 15) is 13.2 Å². The van der Waals surface area contributed by atoms with Crippen LogP contribution in [0.3, 0.4) is 0 Å². The maximum absolute atomic E-state index is 12.9. The van der Waals surface area contributed by atoms with Crippen LogP contribution in [0.4, 0.5) is 24.8 Å². The Morgan fingerprint density at radius 2 is 2.14 bits per heavy atom. The molecule has 0 radical (unpaired) electrons. The van der Waals surface area contributed by atoms with E-state index < -0.39 is 12.0 Å². The van der Waals surface area contributed by atoms with Crippen LogP contribution in [0.1, 0.15) is 26.1 Å². The van der Waals surface area contributed by atoms with E-state index in [0.717, 1.165) is 18.7 Å². The van der Waals surface area contributed by atoms with E-state index in [0.29, 0.717) is 24.2 Å². The normalized spacial score (nSPS) is 19.7. The molecule has 2 rings (SSSR count). The Balaban J connectivity index is 2.31. The largest absolute Gasteiger partial charge is 0.451 e. The summed E-state index contributed by atoms with van der Waals surface area (Å²) in [5.74, 6) is 0.399. The minimum atomic E-state index is -4.53. The topological polar surface area (TPSA) is 41.0 Å². The van der Waals surface area contributed by atoms with Crippen LogP contribution in [0.2, 0.25) is 0 Å². The number of nitrogens with one attached hydrogen (secondary N) is 1. The fourth-order valence-corrected chi connectivity index (χ4v) is 3.35. The van der Waals surface area contributed by atoms with Gasteiger partial charge in [-0.2, -0.15) is 24.9 Å². The van der Waals surface area contributed by atoms with Crippen molar-refractivity contribution >= 4 is 23.4 Å². The van der Waals surface area contributed by atoms with Gasteiger partial charge in [0.25, 0.3) is 0 Å². The molecule has 2 heterocycles. The molecule has 1 aliphatic rings. The molecule has 0 saturated carbocycles. The maximum Gasteiger partial charge on any atom is 0.451 e. The molecule has 21 heavy (non-hydrogen) atoms. The molecule has 1 atom stereocenters. The Morgan fingerprint density at radius 1 is 1.38 bits per heavy atom. The Kier molecular flexibility index (Phi) is 5.18. The van der Waals surface area contributed by atoms with Crippen LogP contribution >= 0.6 is 11.8 Å². The number of hydrogen-bond acceptors (Lipinski definition) is 5. The molecule has 1 fully saturated rings. The van der Waals surface area contributed by atoms with Gasteiger partial charge in [0.2, 0.25) is 5.82 Å². The second-order valence-electron chi connectivity index (χ2n) is 4.81. The highest BCUT2D eigenvalue weighted by atomic mass is 32.2. The van der Waals surface area contributed by atoms with Crippen LogP contribution in [0.25, 0.3) is 0 Å². The molecular weight excluding hydrogens is 301 g/mol. The SMILES string of the molecule is CCNc1cc(N2CCSC(CC)C2)nc(C(F)(F)F)n1. The van der Waals surface area contributed by atoms with Crippen molar-refractivity contribution in [2.75, 3.05) is 35.6 Å². The van der Waals surface area contributed by atoms with Crippen LogP contribution < -0.4 is 10.2 Å². The van der Waals surface area contributed by atoms with Crippen molar-refractivity contribution in [2.45, 2.75) is 31.7 Å². The average Bonchev–Trinajstić information content (AvgIpc) is 2.46. The van der Waals surface area contributed by atoms with Crippen molar-refractivity contribution < 1.29 is 13.2 Å². The van der Waals surface area contributed by atoms with E-state index in [1.54, 1.807) is 6.07 Å². The monoisotopic (exact) mass is 320 g/mol. The summed E-state index contributed by atoms with van der Waals surface area (Å²) in [4.78, 5) is 9.19. The van der Waals surface area contributed by atoms with E-state index in [-0.39, 0.29) is 5.82 Å². The molecule has 0 spiro atoms. The van der Waals surface area contributed by atoms with E-state index in [4.69, 9.17) is 0 Å². The predicted molar refractivity (Wildman–Crippen MR) is 79.9 cm³/mol. The van der Waals surface area contributed by atoms with E-state index in [1.165, 1.54) is 0 Å². The third-order valence-corrected chi connectivity index (χ3v) is 4.61. The van der Waals surface area contributed by atoms with Crippen LogP contribution in [-0.2, 0) is 6.18 Å². The van der Waals surface area contributed by atoms with Gasteiger partial charge in [0.05, 0.1) is 0 Å². The van der Waals surface area contributed by atoms with Crippen LogP contribution in [0, 0.1) is 0 Å². The number of aromatic nitrogens is 2. The zero-order valence-electron chi connectivity index (χ0n) is 12.1. The number of alkyl halides is 3. The number of hydrogen-bond donors (Lipinski definition) is 1. The number of rotatable bonds is 4. The van der Waals surface area contributed by atoms with Gasteiger partial charge < -0.3 is 10.2 Å². The van der Waals surface area contributed by atoms with Gasteiger partial charge in [0.15, 0.2) is 0 Å². The summed E-state index contributed by atoms with van der Waals surface area (Å²) in [7, 11) is 0. The molecule has 0 bridgehead atoms. The fourth-order valence-electron chi connectivity index (χ4n) is 2.17. The summed E-state index contributed by atoms with van der Waals surface area (Å²) in [6.07, 6.45) is -3.53. The minimum absolute atomic E-state index is 0.223. The van der Waals surface area contributed by atoms with Crippen LogP contribution in [-0.4, -0.2) is 40.6 Å². The van der Waals surface area contributed by atoms with Crippen molar-refractivity contribution in [3.8, 4) is 0 Å². The summed E-state index contributed by atoms with van der Waals surface area (Å²) in [6, 6.07) is 1.60. The summed E-state index contributed by atoms with van der Waals surface area (Å²) >= 11 is 1.86. The second kappa shape index (κ2) is 6.72. The van der Waals surface area contributed by atoms with E-state index in [2.05, 4.69) is 22.2 Å². The summed E-state index contributed by atoms with van der Waals surface area (Å²) in [5, 5.41) is 3.28. The van der Waals surface area contributed by atoms with E-state index >= 15 is 0 Å². The second-order valence-corrected chi connectivity index (χ2v) is 6.22. The molecule has 1 N–H and O–H groups in total. The Bertz CT molecular complexity index is 481. The first kappa shape index (κ1) is 16.2. The number of anilines is 2. The highest BCUT2D eigenvalue weighted by Crippen LogP contribution is 2.31. The first-order chi connectivity index (χ1) is 9.94. The van der Waals surface area contributed by atoms with Crippen LogP contribution in [0.15, 0.2) is 6.07 Å². The smallest absolute Gasteiger partial charge is 0.370 e. The molecule has 1 aromatic heterocycles. The molecule has 0 aromatic carbocycles. The number of thioether (sulfide) groups is 1. The quantitative estimate of drug-likeness (QED) is 0.922. The number of halogens is 3. The molecule has 118 valence electrons. The van der Waals surface area contributed by atoms with Gasteiger partial charge in [-0.3, -0.25) is 0 Å². The molecule has 0 aliphatic carbocycles. The maximum atomic E-state index is 12.9. The van der Waals surface area contributed by atoms with Crippen molar-refractivity contribution in [2.24, 2.45) is 0 Å². The predicted octanol–water partition coefficient (Wildman–Crippen LogP) is 3.26. The lowest BCUT2D eigenvalue weighted by atomic mass is 10.3. The zero-order valence-corrected chi connectivity index (χ0v) is 12.9. The summed E-state index contributed by atoms with van der Waals surface area (Å²) in [5.41, 5.74) is 0. The minimum Gasteiger partial charge on any atom is -0.370 e. The van der Waals surface area contributed by atoms with Gasteiger partial charge in [0.1, 0.15) is 11.6 Å². The molecule has 4 nitrogen and oxygen atoms in total. The molecule has 1 unspecified atom stereocenters. The van der Waals surface area contributed by atoms with Crippen molar-refractivity contribution in [1.82, 2.24) is 9.97 Å². The van der Waals surface area contributed by atoms with Crippen molar-refractivity contribution in [3.05, 3.63) is 11.9 Å². The lowest BCUT2D eigenvalue weighted by Gasteiger charge is -2.33. The standard InChI is InChI=1S/C13H19F3N4S/c1-3-9-8-20(5-6-21-9)11-7-10(17-4-2)18-12(19-11)13(14,15)16/h7,9H,3-6,8H2,1-2H3,(H,17,18,19).